The monoisotopic (exact) mass is 317 g/mol. The summed E-state index contributed by atoms with van der Waals surface area (Å²) < 4.78 is 45.5. The van der Waals surface area contributed by atoms with Crippen LogP contribution in [0.1, 0.15) is 0 Å². The highest BCUT2D eigenvalue weighted by atomic mass is 32.2. The van der Waals surface area contributed by atoms with Crippen LogP contribution in [0.2, 0.25) is 0 Å². The van der Waals surface area contributed by atoms with Gasteiger partial charge in [-0.05, 0) is 48.5 Å². The molecule has 1 heterocycles. The number of hydrogen-bond donors (Lipinski definition) is 1. The van der Waals surface area contributed by atoms with Crippen LogP contribution < -0.4 is 4.72 Å². The summed E-state index contributed by atoms with van der Waals surface area (Å²) in [7, 11) is -3.84. The second-order valence-electron chi connectivity index (χ2n) is 4.59. The van der Waals surface area contributed by atoms with Crippen molar-refractivity contribution in [3.05, 3.63) is 72.7 Å². The molecule has 0 aliphatic rings. The lowest BCUT2D eigenvalue weighted by atomic mass is 10.2. The first-order valence-corrected chi connectivity index (χ1v) is 7.96. The molecular weight excluding hydrogens is 305 g/mol. The van der Waals surface area contributed by atoms with Crippen molar-refractivity contribution in [1.82, 2.24) is 0 Å². The molecule has 0 saturated carbocycles. The Balaban J connectivity index is 1.88. The minimum Gasteiger partial charge on any atom is -0.464 e. The molecule has 0 spiro atoms. The second-order valence-corrected chi connectivity index (χ2v) is 6.27. The summed E-state index contributed by atoms with van der Waals surface area (Å²) in [5.41, 5.74) is 0.674. The van der Waals surface area contributed by atoms with Gasteiger partial charge in [0.05, 0.1) is 16.8 Å². The van der Waals surface area contributed by atoms with Gasteiger partial charge < -0.3 is 4.42 Å². The van der Waals surface area contributed by atoms with Gasteiger partial charge in [0.2, 0.25) is 0 Å². The number of benzene rings is 2. The van der Waals surface area contributed by atoms with Crippen LogP contribution in [0.25, 0.3) is 11.3 Å². The van der Waals surface area contributed by atoms with Crippen molar-refractivity contribution < 1.29 is 17.2 Å². The summed E-state index contributed by atoms with van der Waals surface area (Å²) in [4.78, 5) is 0.0473. The lowest BCUT2D eigenvalue weighted by Crippen LogP contribution is -2.13. The van der Waals surface area contributed by atoms with E-state index in [1.54, 1.807) is 36.6 Å². The highest BCUT2D eigenvalue weighted by molar-refractivity contribution is 7.92. The zero-order valence-corrected chi connectivity index (χ0v) is 12.2. The van der Waals surface area contributed by atoms with Crippen LogP contribution in [0.5, 0.6) is 0 Å². The molecular formula is C16H12FNO3S. The summed E-state index contributed by atoms with van der Waals surface area (Å²) in [5, 5.41) is 0. The molecule has 0 bridgehead atoms. The Bertz CT molecular complexity index is 872. The Morgan fingerprint density at radius 2 is 1.64 bits per heavy atom. The lowest BCUT2D eigenvalue weighted by molar-refractivity contribution is 0.582. The SMILES string of the molecule is O=S(=O)(Nc1ccccc1F)c1ccc(-c2ccco2)cc1. The standard InChI is InChI=1S/C16H12FNO3S/c17-14-4-1-2-5-15(14)18-22(19,20)13-9-7-12(8-10-13)16-6-3-11-21-16/h1-11,18H. The highest BCUT2D eigenvalue weighted by Crippen LogP contribution is 2.23. The Labute approximate surface area is 127 Å². The fourth-order valence-corrected chi connectivity index (χ4v) is 3.06. The molecule has 112 valence electrons. The molecule has 2 aromatic carbocycles. The summed E-state index contributed by atoms with van der Waals surface area (Å²) in [6.45, 7) is 0. The van der Waals surface area contributed by atoms with Crippen LogP contribution in [0.3, 0.4) is 0 Å². The number of furan rings is 1. The van der Waals surface area contributed by atoms with E-state index >= 15 is 0 Å². The third-order valence-corrected chi connectivity index (χ3v) is 4.47. The maximum absolute atomic E-state index is 13.5. The molecule has 6 heteroatoms. The molecule has 1 aromatic heterocycles. The number of para-hydroxylation sites is 1. The predicted molar refractivity (Wildman–Crippen MR) is 81.4 cm³/mol. The Morgan fingerprint density at radius 1 is 0.909 bits per heavy atom. The minimum absolute atomic E-state index is 0.0473. The maximum Gasteiger partial charge on any atom is 0.261 e. The van der Waals surface area contributed by atoms with Crippen molar-refractivity contribution in [1.29, 1.82) is 0 Å². The van der Waals surface area contributed by atoms with Crippen molar-refractivity contribution in [2.75, 3.05) is 4.72 Å². The van der Waals surface area contributed by atoms with E-state index in [2.05, 4.69) is 4.72 Å². The van der Waals surface area contributed by atoms with Gasteiger partial charge in [-0.25, -0.2) is 12.8 Å². The third-order valence-electron chi connectivity index (χ3n) is 3.09. The van der Waals surface area contributed by atoms with Crippen LogP contribution in [-0.2, 0) is 10.0 Å². The third kappa shape index (κ3) is 2.87. The number of rotatable bonds is 4. The molecule has 0 saturated heterocycles. The summed E-state index contributed by atoms with van der Waals surface area (Å²) in [6, 6.07) is 15.3. The predicted octanol–water partition coefficient (Wildman–Crippen LogP) is 3.89. The molecule has 3 aromatic rings. The van der Waals surface area contributed by atoms with Gasteiger partial charge in [0.15, 0.2) is 0 Å². The molecule has 3 rings (SSSR count). The van der Waals surface area contributed by atoms with Gasteiger partial charge in [0.1, 0.15) is 11.6 Å². The quantitative estimate of drug-likeness (QED) is 0.794. The largest absolute Gasteiger partial charge is 0.464 e. The van der Waals surface area contributed by atoms with Gasteiger partial charge >= 0.3 is 0 Å². The average molecular weight is 317 g/mol. The molecule has 0 fully saturated rings. The van der Waals surface area contributed by atoms with Crippen LogP contribution >= 0.6 is 0 Å². The topological polar surface area (TPSA) is 59.3 Å². The first-order valence-electron chi connectivity index (χ1n) is 6.47. The molecule has 0 unspecified atom stereocenters. The van der Waals surface area contributed by atoms with E-state index in [1.165, 1.54) is 30.3 Å². The number of hydrogen-bond acceptors (Lipinski definition) is 3. The van der Waals surface area contributed by atoms with Crippen molar-refractivity contribution >= 4 is 15.7 Å². The van der Waals surface area contributed by atoms with Crippen LogP contribution in [-0.4, -0.2) is 8.42 Å². The van der Waals surface area contributed by atoms with Gasteiger partial charge in [0.25, 0.3) is 10.0 Å². The normalized spacial score (nSPS) is 11.3. The van der Waals surface area contributed by atoms with Crippen LogP contribution in [0.15, 0.2) is 76.2 Å². The summed E-state index contributed by atoms with van der Waals surface area (Å²) in [6.07, 6.45) is 1.54. The van der Waals surface area contributed by atoms with Crippen molar-refractivity contribution in [2.24, 2.45) is 0 Å². The van der Waals surface area contributed by atoms with Crippen molar-refractivity contribution in [3.63, 3.8) is 0 Å². The van der Waals surface area contributed by atoms with E-state index in [-0.39, 0.29) is 10.6 Å². The summed E-state index contributed by atoms with van der Waals surface area (Å²) in [5.74, 6) is 0.0179. The first-order chi connectivity index (χ1) is 10.6. The van der Waals surface area contributed by atoms with Gasteiger partial charge in [-0.1, -0.05) is 12.1 Å². The Morgan fingerprint density at radius 3 is 2.27 bits per heavy atom. The zero-order valence-electron chi connectivity index (χ0n) is 11.4. The van der Waals surface area contributed by atoms with Crippen molar-refractivity contribution in [3.8, 4) is 11.3 Å². The first kappa shape index (κ1) is 14.3. The molecule has 0 aliphatic heterocycles. The Kier molecular flexibility index (Phi) is 3.68. The van der Waals surface area contributed by atoms with E-state index < -0.39 is 15.8 Å². The molecule has 4 nitrogen and oxygen atoms in total. The number of sulfonamides is 1. The van der Waals surface area contributed by atoms with E-state index in [0.717, 1.165) is 5.56 Å². The number of nitrogens with one attached hydrogen (secondary N) is 1. The van der Waals surface area contributed by atoms with Crippen LogP contribution in [0, 0.1) is 5.82 Å². The molecule has 0 atom stereocenters. The lowest BCUT2D eigenvalue weighted by Gasteiger charge is -2.09. The second kappa shape index (κ2) is 5.65. The van der Waals surface area contributed by atoms with Gasteiger partial charge in [-0.15, -0.1) is 0 Å². The van der Waals surface area contributed by atoms with Gasteiger partial charge in [0, 0.05) is 5.56 Å². The molecule has 0 radical (unpaired) electrons. The highest BCUT2D eigenvalue weighted by Gasteiger charge is 2.16. The molecule has 0 amide bonds. The fourth-order valence-electron chi connectivity index (χ4n) is 1.99. The van der Waals surface area contributed by atoms with Crippen molar-refractivity contribution in [2.45, 2.75) is 4.90 Å². The van der Waals surface area contributed by atoms with Crippen LogP contribution in [0.4, 0.5) is 10.1 Å². The fraction of sp³-hybridized carbons (Fsp3) is 0. The average Bonchev–Trinajstić information content (AvgIpc) is 3.04. The summed E-state index contributed by atoms with van der Waals surface area (Å²) >= 11 is 0. The number of halogens is 1. The van der Waals surface area contributed by atoms with Gasteiger partial charge in [-0.2, -0.15) is 0 Å². The van der Waals surface area contributed by atoms with E-state index in [1.807, 2.05) is 0 Å². The van der Waals surface area contributed by atoms with E-state index in [0.29, 0.717) is 5.76 Å². The molecule has 22 heavy (non-hydrogen) atoms. The Hall–Kier alpha value is -2.60. The van der Waals surface area contributed by atoms with E-state index in [9.17, 15) is 12.8 Å². The molecule has 1 N–H and O–H groups in total. The smallest absolute Gasteiger partial charge is 0.261 e. The maximum atomic E-state index is 13.5. The minimum atomic E-state index is -3.84. The molecule has 0 aliphatic carbocycles. The zero-order chi connectivity index (χ0) is 15.6. The number of anilines is 1. The van der Waals surface area contributed by atoms with E-state index in [4.69, 9.17) is 4.42 Å². The van der Waals surface area contributed by atoms with Gasteiger partial charge in [-0.3, -0.25) is 4.72 Å².